The molecule has 0 aromatic carbocycles. The third-order valence-corrected chi connectivity index (χ3v) is 3.82. The van der Waals surface area contributed by atoms with E-state index in [2.05, 4.69) is 17.5 Å². The van der Waals surface area contributed by atoms with Crippen molar-refractivity contribution in [2.24, 2.45) is 0 Å². The minimum absolute atomic E-state index is 0.184. The zero-order chi connectivity index (χ0) is 12.5. The lowest BCUT2D eigenvalue weighted by molar-refractivity contribution is 0.0292. The molecule has 1 saturated heterocycles. The van der Waals surface area contributed by atoms with Gasteiger partial charge in [-0.05, 0) is 38.6 Å². The van der Waals surface area contributed by atoms with Gasteiger partial charge >= 0.3 is 6.09 Å². The maximum atomic E-state index is 11.9. The standard InChI is InChI=1S/C13H19NO2S/c1-13(2,3)16-12(15)14-7-6-10(9-14)11-5-4-8-17-11/h4-5,8,10H,6-7,9H2,1-3H3. The highest BCUT2D eigenvalue weighted by atomic mass is 32.1. The van der Waals surface area contributed by atoms with Crippen molar-refractivity contribution in [3.63, 3.8) is 0 Å². The number of hydrogen-bond donors (Lipinski definition) is 0. The van der Waals surface area contributed by atoms with E-state index in [0.717, 1.165) is 19.5 Å². The minimum atomic E-state index is -0.405. The van der Waals surface area contributed by atoms with Crippen LogP contribution >= 0.6 is 11.3 Å². The van der Waals surface area contributed by atoms with E-state index in [1.165, 1.54) is 4.88 Å². The van der Waals surface area contributed by atoms with Crippen molar-refractivity contribution in [1.29, 1.82) is 0 Å². The van der Waals surface area contributed by atoms with E-state index in [9.17, 15) is 4.79 Å². The Morgan fingerprint density at radius 3 is 2.88 bits per heavy atom. The summed E-state index contributed by atoms with van der Waals surface area (Å²) in [5.74, 6) is 0.488. The van der Waals surface area contributed by atoms with E-state index in [4.69, 9.17) is 4.74 Å². The molecule has 94 valence electrons. The summed E-state index contributed by atoms with van der Waals surface area (Å²) in [5.41, 5.74) is -0.405. The van der Waals surface area contributed by atoms with Gasteiger partial charge in [-0.2, -0.15) is 0 Å². The van der Waals surface area contributed by atoms with Crippen LogP contribution in [0.4, 0.5) is 4.79 Å². The number of ether oxygens (including phenoxy) is 1. The van der Waals surface area contributed by atoms with Crippen LogP contribution in [0.1, 0.15) is 38.0 Å². The molecule has 2 heterocycles. The van der Waals surface area contributed by atoms with Gasteiger partial charge in [0, 0.05) is 23.9 Å². The number of carbonyl (C=O) groups is 1. The molecular weight excluding hydrogens is 234 g/mol. The van der Waals surface area contributed by atoms with Gasteiger partial charge in [-0.25, -0.2) is 4.79 Å². The van der Waals surface area contributed by atoms with E-state index < -0.39 is 5.60 Å². The van der Waals surface area contributed by atoms with Gasteiger partial charge in [-0.1, -0.05) is 6.07 Å². The Morgan fingerprint density at radius 1 is 1.53 bits per heavy atom. The molecule has 0 saturated carbocycles. The second-order valence-electron chi connectivity index (χ2n) is 5.43. The van der Waals surface area contributed by atoms with Crippen molar-refractivity contribution >= 4 is 17.4 Å². The van der Waals surface area contributed by atoms with Crippen LogP contribution < -0.4 is 0 Å². The predicted octanol–water partition coefficient (Wildman–Crippen LogP) is 3.47. The molecule has 1 aromatic rings. The average Bonchev–Trinajstić information content (AvgIpc) is 2.86. The fourth-order valence-corrected chi connectivity index (χ4v) is 2.86. The third-order valence-electron chi connectivity index (χ3n) is 2.79. The number of nitrogens with zero attached hydrogens (tertiary/aromatic N) is 1. The Hall–Kier alpha value is -1.03. The number of rotatable bonds is 1. The summed E-state index contributed by atoms with van der Waals surface area (Å²) in [4.78, 5) is 15.1. The van der Waals surface area contributed by atoms with Crippen molar-refractivity contribution in [2.45, 2.75) is 38.7 Å². The normalized spacial score (nSPS) is 20.6. The SMILES string of the molecule is CC(C)(C)OC(=O)N1CCC(c2cccs2)C1. The lowest BCUT2D eigenvalue weighted by atomic mass is 10.1. The maximum Gasteiger partial charge on any atom is 0.410 e. The fourth-order valence-electron chi connectivity index (χ4n) is 2.01. The highest BCUT2D eigenvalue weighted by Crippen LogP contribution is 2.30. The Bertz CT molecular complexity index is 381. The number of likely N-dealkylation sites (tertiary alicyclic amines) is 1. The van der Waals surface area contributed by atoms with Crippen molar-refractivity contribution < 1.29 is 9.53 Å². The molecule has 0 radical (unpaired) electrons. The van der Waals surface area contributed by atoms with Gasteiger partial charge < -0.3 is 9.64 Å². The maximum absolute atomic E-state index is 11.9. The summed E-state index contributed by atoms with van der Waals surface area (Å²) in [6.45, 7) is 7.29. The smallest absolute Gasteiger partial charge is 0.410 e. The average molecular weight is 253 g/mol. The van der Waals surface area contributed by atoms with Crippen LogP contribution in [0.5, 0.6) is 0 Å². The summed E-state index contributed by atoms with van der Waals surface area (Å²) in [7, 11) is 0. The van der Waals surface area contributed by atoms with Crippen LogP contribution in [0, 0.1) is 0 Å². The second kappa shape index (κ2) is 4.69. The molecule has 0 spiro atoms. The highest BCUT2D eigenvalue weighted by Gasteiger charge is 2.30. The molecule has 4 heteroatoms. The minimum Gasteiger partial charge on any atom is -0.444 e. The lowest BCUT2D eigenvalue weighted by Crippen LogP contribution is -2.35. The van der Waals surface area contributed by atoms with Crippen LogP contribution in [-0.2, 0) is 4.74 Å². The van der Waals surface area contributed by atoms with Crippen LogP contribution in [0.3, 0.4) is 0 Å². The predicted molar refractivity (Wildman–Crippen MR) is 69.5 cm³/mol. The van der Waals surface area contributed by atoms with Gasteiger partial charge in [-0.15, -0.1) is 11.3 Å². The molecule has 1 aromatic heterocycles. The molecule has 1 atom stereocenters. The summed E-state index contributed by atoms with van der Waals surface area (Å²) in [6.07, 6.45) is 0.858. The van der Waals surface area contributed by atoms with Crippen LogP contribution in [0.25, 0.3) is 0 Å². The molecule has 1 fully saturated rings. The van der Waals surface area contributed by atoms with E-state index in [-0.39, 0.29) is 6.09 Å². The molecular formula is C13H19NO2S. The third kappa shape index (κ3) is 3.22. The number of hydrogen-bond acceptors (Lipinski definition) is 3. The molecule has 0 aliphatic carbocycles. The van der Waals surface area contributed by atoms with Gasteiger partial charge in [0.15, 0.2) is 0 Å². The fraction of sp³-hybridized carbons (Fsp3) is 0.615. The Labute approximate surface area is 106 Å². The Morgan fingerprint density at radius 2 is 2.29 bits per heavy atom. The quantitative estimate of drug-likeness (QED) is 0.767. The molecule has 17 heavy (non-hydrogen) atoms. The highest BCUT2D eigenvalue weighted by molar-refractivity contribution is 7.10. The van der Waals surface area contributed by atoms with Crippen molar-refractivity contribution in [3.8, 4) is 0 Å². The largest absolute Gasteiger partial charge is 0.444 e. The van der Waals surface area contributed by atoms with Crippen LogP contribution in [0.2, 0.25) is 0 Å². The number of thiophene rings is 1. The van der Waals surface area contributed by atoms with Gasteiger partial charge in [0.05, 0.1) is 0 Å². The van der Waals surface area contributed by atoms with Crippen molar-refractivity contribution in [1.82, 2.24) is 4.90 Å². The zero-order valence-electron chi connectivity index (χ0n) is 10.6. The molecule has 1 aliphatic rings. The molecule has 2 rings (SSSR count). The second-order valence-corrected chi connectivity index (χ2v) is 6.41. The Balaban J connectivity index is 1.92. The number of carbonyl (C=O) groups excluding carboxylic acids is 1. The van der Waals surface area contributed by atoms with Gasteiger partial charge in [0.1, 0.15) is 5.60 Å². The van der Waals surface area contributed by atoms with Crippen LogP contribution in [-0.4, -0.2) is 29.7 Å². The van der Waals surface area contributed by atoms with E-state index in [0.29, 0.717) is 5.92 Å². The first-order chi connectivity index (χ1) is 7.96. The summed E-state index contributed by atoms with van der Waals surface area (Å²) < 4.78 is 5.38. The van der Waals surface area contributed by atoms with Crippen molar-refractivity contribution in [2.75, 3.05) is 13.1 Å². The molecule has 1 aliphatic heterocycles. The van der Waals surface area contributed by atoms with Gasteiger partial charge in [0.2, 0.25) is 0 Å². The molecule has 0 N–H and O–H groups in total. The molecule has 0 bridgehead atoms. The first kappa shape index (κ1) is 12.4. The molecule has 1 amide bonds. The molecule has 1 unspecified atom stereocenters. The van der Waals surface area contributed by atoms with E-state index in [1.54, 1.807) is 11.3 Å². The monoisotopic (exact) mass is 253 g/mol. The van der Waals surface area contributed by atoms with Gasteiger partial charge in [0.25, 0.3) is 0 Å². The first-order valence-electron chi connectivity index (χ1n) is 5.97. The Kier molecular flexibility index (Phi) is 3.43. The summed E-state index contributed by atoms with van der Waals surface area (Å²) >= 11 is 1.77. The molecule has 3 nitrogen and oxygen atoms in total. The van der Waals surface area contributed by atoms with E-state index in [1.807, 2.05) is 25.7 Å². The zero-order valence-corrected chi connectivity index (χ0v) is 11.4. The van der Waals surface area contributed by atoms with Gasteiger partial charge in [-0.3, -0.25) is 0 Å². The lowest BCUT2D eigenvalue weighted by Gasteiger charge is -2.24. The van der Waals surface area contributed by atoms with Crippen LogP contribution in [0.15, 0.2) is 17.5 Å². The first-order valence-corrected chi connectivity index (χ1v) is 6.85. The summed E-state index contributed by atoms with van der Waals surface area (Å²) in [6, 6.07) is 4.21. The topological polar surface area (TPSA) is 29.5 Å². The summed E-state index contributed by atoms with van der Waals surface area (Å²) in [5, 5.41) is 2.09. The number of amides is 1. The van der Waals surface area contributed by atoms with Crippen molar-refractivity contribution in [3.05, 3.63) is 22.4 Å². The van der Waals surface area contributed by atoms with E-state index >= 15 is 0 Å².